The van der Waals surface area contributed by atoms with E-state index in [-0.39, 0.29) is 5.92 Å². The van der Waals surface area contributed by atoms with Gasteiger partial charge in [-0.05, 0) is 73.6 Å². The maximum Gasteiger partial charge on any atom is 0.306 e. The molecule has 2 N–H and O–H groups in total. The van der Waals surface area contributed by atoms with Gasteiger partial charge in [-0.3, -0.25) is 4.79 Å². The molecule has 3 rings (SSSR count). The van der Waals surface area contributed by atoms with E-state index in [4.69, 9.17) is 35.4 Å². The van der Waals surface area contributed by atoms with Crippen molar-refractivity contribution in [2.45, 2.75) is 32.2 Å². The molecule has 1 aliphatic rings. The molecule has 0 aromatic heterocycles. The van der Waals surface area contributed by atoms with Crippen LogP contribution in [-0.2, 0) is 11.3 Å². The molecule has 2 aromatic carbocycles. The van der Waals surface area contributed by atoms with E-state index in [0.717, 1.165) is 43.5 Å². The number of carboxylic acid groups (broad SMARTS) is 1. The average molecular weight is 451 g/mol. The van der Waals surface area contributed by atoms with Crippen molar-refractivity contribution in [2.75, 3.05) is 11.9 Å². The summed E-state index contributed by atoms with van der Waals surface area (Å²) in [6, 6.07) is 15.2. The Bertz CT molecular complexity index is 852. The number of thiocarbonyl (C=S) groups is 1. The number of para-hydroxylation sites is 1. The van der Waals surface area contributed by atoms with Crippen LogP contribution in [0.2, 0.25) is 10.0 Å². The van der Waals surface area contributed by atoms with Crippen LogP contribution in [0.4, 0.5) is 5.69 Å². The first-order valence-corrected chi connectivity index (χ1v) is 10.9. The molecule has 1 aliphatic carbocycles. The lowest BCUT2D eigenvalue weighted by Gasteiger charge is -2.33. The van der Waals surface area contributed by atoms with Crippen molar-refractivity contribution in [3.63, 3.8) is 0 Å². The van der Waals surface area contributed by atoms with Crippen LogP contribution >= 0.6 is 35.4 Å². The molecule has 4 nitrogen and oxygen atoms in total. The molecule has 0 spiro atoms. The van der Waals surface area contributed by atoms with Gasteiger partial charge < -0.3 is 15.3 Å². The predicted molar refractivity (Wildman–Crippen MR) is 123 cm³/mol. The average Bonchev–Trinajstić information content (AvgIpc) is 2.71. The van der Waals surface area contributed by atoms with Gasteiger partial charge in [-0.1, -0.05) is 47.5 Å². The zero-order chi connectivity index (χ0) is 20.8. The molecule has 0 bridgehead atoms. The number of benzene rings is 2. The van der Waals surface area contributed by atoms with E-state index in [2.05, 4.69) is 10.2 Å². The lowest BCUT2D eigenvalue weighted by atomic mass is 9.82. The SMILES string of the molecule is O=C(O)C1CCC(CN(Cc2ccc(Cl)cc2)C(=S)Nc2ccccc2Cl)CC1. The fourth-order valence-corrected chi connectivity index (χ4v) is 4.25. The number of hydrogen-bond acceptors (Lipinski definition) is 2. The van der Waals surface area contributed by atoms with Gasteiger partial charge in [0.25, 0.3) is 0 Å². The van der Waals surface area contributed by atoms with E-state index in [1.165, 1.54) is 0 Å². The van der Waals surface area contributed by atoms with Crippen molar-refractivity contribution in [2.24, 2.45) is 11.8 Å². The van der Waals surface area contributed by atoms with Crippen molar-refractivity contribution in [1.82, 2.24) is 4.90 Å². The van der Waals surface area contributed by atoms with E-state index in [9.17, 15) is 9.90 Å². The molecule has 0 heterocycles. The van der Waals surface area contributed by atoms with Crippen LogP contribution in [-0.4, -0.2) is 27.6 Å². The first kappa shape index (κ1) is 21.9. The maximum atomic E-state index is 11.2. The lowest BCUT2D eigenvalue weighted by Crippen LogP contribution is -2.39. The summed E-state index contributed by atoms with van der Waals surface area (Å²) in [6.45, 7) is 1.41. The van der Waals surface area contributed by atoms with Gasteiger partial charge in [0, 0.05) is 18.1 Å². The molecule has 0 atom stereocenters. The van der Waals surface area contributed by atoms with Gasteiger partial charge in [0.2, 0.25) is 0 Å². The second kappa shape index (κ2) is 10.3. The molecule has 0 saturated heterocycles. The second-order valence-electron chi connectivity index (χ2n) is 7.47. The Hall–Kier alpha value is -1.82. The lowest BCUT2D eigenvalue weighted by molar-refractivity contribution is -0.143. The van der Waals surface area contributed by atoms with Gasteiger partial charge in [-0.25, -0.2) is 0 Å². The maximum absolute atomic E-state index is 11.2. The summed E-state index contributed by atoms with van der Waals surface area (Å²) in [5.74, 6) is -0.495. The first-order chi connectivity index (χ1) is 13.9. The normalized spacial score (nSPS) is 18.8. The molecule has 2 aromatic rings. The molecule has 1 fully saturated rings. The number of hydrogen-bond donors (Lipinski definition) is 2. The molecule has 29 heavy (non-hydrogen) atoms. The summed E-state index contributed by atoms with van der Waals surface area (Å²) in [7, 11) is 0. The number of nitrogens with one attached hydrogen (secondary N) is 1. The molecular formula is C22H24Cl2N2O2S. The molecular weight excluding hydrogens is 427 g/mol. The summed E-state index contributed by atoms with van der Waals surface area (Å²) in [5.41, 5.74) is 1.88. The number of aliphatic carboxylic acids is 1. The number of nitrogens with zero attached hydrogens (tertiary/aromatic N) is 1. The van der Waals surface area contributed by atoms with Gasteiger partial charge in [0.05, 0.1) is 16.6 Å². The Morgan fingerprint density at radius 1 is 1.07 bits per heavy atom. The van der Waals surface area contributed by atoms with Gasteiger partial charge in [0.15, 0.2) is 5.11 Å². The van der Waals surface area contributed by atoms with Gasteiger partial charge in [-0.2, -0.15) is 0 Å². The summed E-state index contributed by atoms with van der Waals surface area (Å²) in [6.07, 6.45) is 3.23. The van der Waals surface area contributed by atoms with Crippen molar-refractivity contribution in [1.29, 1.82) is 0 Å². The van der Waals surface area contributed by atoms with Crippen LogP contribution in [0.1, 0.15) is 31.2 Å². The minimum atomic E-state index is -0.683. The Balaban J connectivity index is 1.70. The quantitative estimate of drug-likeness (QED) is 0.521. The minimum Gasteiger partial charge on any atom is -0.481 e. The van der Waals surface area contributed by atoms with Crippen LogP contribution in [0.3, 0.4) is 0 Å². The van der Waals surface area contributed by atoms with E-state index in [1.54, 1.807) is 0 Å². The third kappa shape index (κ3) is 6.33. The number of halogens is 2. The van der Waals surface area contributed by atoms with E-state index < -0.39 is 5.97 Å². The van der Waals surface area contributed by atoms with Crippen LogP contribution in [0.15, 0.2) is 48.5 Å². The Kier molecular flexibility index (Phi) is 7.76. The standard InChI is InChI=1S/C22H24Cl2N2O2S/c23-18-11-7-16(8-12-18)14-26(13-15-5-9-17(10-6-15)21(27)28)22(29)25-20-4-2-1-3-19(20)24/h1-4,7-8,11-12,15,17H,5-6,9-10,13-14H2,(H,25,29)(H,27,28). The van der Waals surface area contributed by atoms with Crippen LogP contribution in [0.25, 0.3) is 0 Å². The fourth-order valence-electron chi connectivity index (χ4n) is 3.69. The third-order valence-electron chi connectivity index (χ3n) is 5.36. The smallest absolute Gasteiger partial charge is 0.306 e. The number of carboxylic acids is 1. The van der Waals surface area contributed by atoms with E-state index >= 15 is 0 Å². The highest BCUT2D eigenvalue weighted by Gasteiger charge is 2.27. The van der Waals surface area contributed by atoms with Gasteiger partial charge in [-0.15, -0.1) is 0 Å². The van der Waals surface area contributed by atoms with Crippen LogP contribution in [0.5, 0.6) is 0 Å². The Morgan fingerprint density at radius 2 is 1.72 bits per heavy atom. The summed E-state index contributed by atoms with van der Waals surface area (Å²) < 4.78 is 0. The number of rotatable bonds is 6. The Morgan fingerprint density at radius 3 is 2.34 bits per heavy atom. The Labute approximate surface area is 186 Å². The first-order valence-electron chi connectivity index (χ1n) is 9.70. The van der Waals surface area contributed by atoms with Crippen molar-refractivity contribution < 1.29 is 9.90 Å². The highest BCUT2D eigenvalue weighted by atomic mass is 35.5. The second-order valence-corrected chi connectivity index (χ2v) is 8.70. The van der Waals surface area contributed by atoms with Crippen molar-refractivity contribution in [3.05, 3.63) is 64.1 Å². The molecule has 7 heteroatoms. The topological polar surface area (TPSA) is 52.6 Å². The molecule has 0 radical (unpaired) electrons. The summed E-state index contributed by atoms with van der Waals surface area (Å²) >= 11 is 18.0. The molecule has 0 unspecified atom stereocenters. The molecule has 1 saturated carbocycles. The van der Waals surface area contributed by atoms with Crippen molar-refractivity contribution in [3.8, 4) is 0 Å². The summed E-state index contributed by atoms with van der Waals surface area (Å²) in [4.78, 5) is 13.4. The molecule has 0 amide bonds. The number of anilines is 1. The predicted octanol–water partition coefficient (Wildman–Crippen LogP) is 6.08. The third-order valence-corrected chi connectivity index (χ3v) is 6.31. The molecule has 0 aliphatic heterocycles. The monoisotopic (exact) mass is 450 g/mol. The van der Waals surface area contributed by atoms with Crippen LogP contribution in [0, 0.1) is 11.8 Å². The zero-order valence-electron chi connectivity index (χ0n) is 16.0. The van der Waals surface area contributed by atoms with Gasteiger partial charge in [0.1, 0.15) is 0 Å². The zero-order valence-corrected chi connectivity index (χ0v) is 18.3. The molecule has 154 valence electrons. The number of carbonyl (C=O) groups is 1. The largest absolute Gasteiger partial charge is 0.481 e. The minimum absolute atomic E-state index is 0.218. The van der Waals surface area contributed by atoms with Gasteiger partial charge >= 0.3 is 5.97 Å². The highest BCUT2D eigenvalue weighted by Crippen LogP contribution is 2.30. The highest BCUT2D eigenvalue weighted by molar-refractivity contribution is 7.80. The fraction of sp³-hybridized carbons (Fsp3) is 0.364. The summed E-state index contributed by atoms with van der Waals surface area (Å²) in [5, 5.41) is 14.4. The van der Waals surface area contributed by atoms with E-state index in [1.807, 2.05) is 48.5 Å². The van der Waals surface area contributed by atoms with Crippen molar-refractivity contribution >= 4 is 52.2 Å². The van der Waals surface area contributed by atoms with E-state index in [0.29, 0.717) is 27.6 Å². The van der Waals surface area contributed by atoms with Crippen LogP contribution < -0.4 is 5.32 Å².